The summed E-state index contributed by atoms with van der Waals surface area (Å²) >= 11 is 0. The quantitative estimate of drug-likeness (QED) is 0.882. The number of amidine groups is 1. The summed E-state index contributed by atoms with van der Waals surface area (Å²) in [5.41, 5.74) is 6.50. The zero-order valence-electron chi connectivity index (χ0n) is 11.1. The summed E-state index contributed by atoms with van der Waals surface area (Å²) in [6.45, 7) is 2.63. The number of benzene rings is 1. The molecule has 6 heteroatoms. The van der Waals surface area contributed by atoms with Crippen LogP contribution in [0, 0.1) is 5.41 Å². The Morgan fingerprint density at radius 2 is 1.89 bits per heavy atom. The lowest BCUT2D eigenvalue weighted by atomic mass is 9.87. The van der Waals surface area contributed by atoms with Gasteiger partial charge in [-0.3, -0.25) is 5.41 Å². The van der Waals surface area contributed by atoms with Gasteiger partial charge in [0.25, 0.3) is 0 Å². The molecular weight excluding hydrogens is 285 g/mol. The Morgan fingerprint density at radius 1 is 1.32 bits per heavy atom. The number of nitrogens with zero attached hydrogens (tertiary/aromatic N) is 1. The van der Waals surface area contributed by atoms with Crippen LogP contribution in [0.15, 0.2) is 30.3 Å². The van der Waals surface area contributed by atoms with Crippen LogP contribution < -0.4 is 10.6 Å². The Labute approximate surface area is 126 Å². The first-order valence-electron chi connectivity index (χ1n) is 5.80. The van der Waals surface area contributed by atoms with Gasteiger partial charge in [-0.15, -0.1) is 24.8 Å². The number of para-hydroxylation sites is 1. The lowest BCUT2D eigenvalue weighted by Gasteiger charge is -2.44. The highest BCUT2D eigenvalue weighted by Crippen LogP contribution is 2.27. The Hall–Kier alpha value is -0.810. The number of hydrogen-bond acceptors (Lipinski definition) is 3. The Bertz CT molecular complexity index is 412. The van der Waals surface area contributed by atoms with Crippen LogP contribution in [0.5, 0.6) is 0 Å². The molecular formula is C13H21Cl2N3O. The predicted molar refractivity (Wildman–Crippen MR) is 84.0 cm³/mol. The Kier molecular flexibility index (Phi) is 6.80. The average Bonchev–Trinajstić information content (AvgIpc) is 2.33. The molecule has 0 aliphatic carbocycles. The van der Waals surface area contributed by atoms with Crippen molar-refractivity contribution < 1.29 is 4.74 Å². The van der Waals surface area contributed by atoms with E-state index in [1.807, 2.05) is 42.2 Å². The molecule has 0 amide bonds. The SMILES string of the molecule is COC1CCN(c2ccccc2)C(=N)C1(C)N.Cl.Cl. The van der Waals surface area contributed by atoms with Crippen LogP contribution in [0.25, 0.3) is 0 Å². The van der Waals surface area contributed by atoms with Crippen molar-refractivity contribution in [1.29, 1.82) is 5.41 Å². The topological polar surface area (TPSA) is 62.3 Å². The zero-order valence-corrected chi connectivity index (χ0v) is 12.8. The van der Waals surface area contributed by atoms with E-state index in [2.05, 4.69) is 0 Å². The number of methoxy groups -OCH3 is 1. The molecule has 0 aromatic heterocycles. The molecule has 108 valence electrons. The second-order valence-corrected chi connectivity index (χ2v) is 4.63. The monoisotopic (exact) mass is 305 g/mol. The molecule has 1 aliphatic rings. The highest BCUT2D eigenvalue weighted by molar-refractivity contribution is 6.03. The number of piperidine rings is 1. The predicted octanol–water partition coefficient (Wildman–Crippen LogP) is 2.45. The summed E-state index contributed by atoms with van der Waals surface area (Å²) in [7, 11) is 1.65. The minimum Gasteiger partial charge on any atom is -0.379 e. The van der Waals surface area contributed by atoms with Gasteiger partial charge in [-0.25, -0.2) is 0 Å². The van der Waals surface area contributed by atoms with E-state index in [0.717, 1.165) is 18.7 Å². The van der Waals surface area contributed by atoms with E-state index in [4.69, 9.17) is 15.9 Å². The summed E-state index contributed by atoms with van der Waals surface area (Å²) in [6.07, 6.45) is 0.746. The fourth-order valence-corrected chi connectivity index (χ4v) is 2.33. The molecule has 4 nitrogen and oxygen atoms in total. The summed E-state index contributed by atoms with van der Waals surface area (Å²) < 4.78 is 5.37. The maximum Gasteiger partial charge on any atom is 0.123 e. The van der Waals surface area contributed by atoms with Crippen molar-refractivity contribution >= 4 is 36.3 Å². The molecule has 2 rings (SSSR count). The fourth-order valence-electron chi connectivity index (χ4n) is 2.33. The Balaban J connectivity index is 0.00000162. The molecule has 1 aromatic carbocycles. The van der Waals surface area contributed by atoms with Crippen molar-refractivity contribution in [2.24, 2.45) is 5.73 Å². The van der Waals surface area contributed by atoms with Crippen LogP contribution in [-0.2, 0) is 4.74 Å². The molecule has 1 aromatic rings. The molecule has 1 saturated heterocycles. The molecule has 3 N–H and O–H groups in total. The van der Waals surface area contributed by atoms with Crippen molar-refractivity contribution in [1.82, 2.24) is 0 Å². The maximum absolute atomic E-state index is 8.24. The van der Waals surface area contributed by atoms with Crippen molar-refractivity contribution in [2.45, 2.75) is 25.0 Å². The molecule has 0 saturated carbocycles. The van der Waals surface area contributed by atoms with Crippen LogP contribution in [0.2, 0.25) is 0 Å². The third kappa shape index (κ3) is 3.39. The van der Waals surface area contributed by atoms with Gasteiger partial charge in [0, 0.05) is 19.3 Å². The lowest BCUT2D eigenvalue weighted by molar-refractivity contribution is 0.0556. The van der Waals surface area contributed by atoms with E-state index in [-0.39, 0.29) is 30.9 Å². The van der Waals surface area contributed by atoms with Gasteiger partial charge in [0.2, 0.25) is 0 Å². The molecule has 1 fully saturated rings. The van der Waals surface area contributed by atoms with E-state index in [1.165, 1.54) is 0 Å². The molecule has 0 radical (unpaired) electrons. The molecule has 0 bridgehead atoms. The first-order valence-corrected chi connectivity index (χ1v) is 5.80. The number of rotatable bonds is 2. The van der Waals surface area contributed by atoms with Gasteiger partial charge in [0.1, 0.15) is 5.84 Å². The zero-order chi connectivity index (χ0) is 12.5. The maximum atomic E-state index is 8.24. The number of nitrogens with two attached hydrogens (primary N) is 1. The minimum atomic E-state index is -0.733. The highest BCUT2D eigenvalue weighted by Gasteiger charge is 2.42. The van der Waals surface area contributed by atoms with Gasteiger partial charge >= 0.3 is 0 Å². The molecule has 1 heterocycles. The standard InChI is InChI=1S/C13H19N3O.2ClH/c1-13(15)11(17-2)8-9-16(12(13)14)10-6-4-3-5-7-10;;/h3-7,11,14H,8-9,15H2,1-2H3;2*1H. The van der Waals surface area contributed by atoms with Crippen LogP contribution in [0.4, 0.5) is 5.69 Å². The second-order valence-electron chi connectivity index (χ2n) is 4.63. The Morgan fingerprint density at radius 3 is 2.42 bits per heavy atom. The van der Waals surface area contributed by atoms with E-state index in [0.29, 0.717) is 5.84 Å². The first-order chi connectivity index (χ1) is 8.07. The minimum absolute atomic E-state index is 0. The molecule has 2 atom stereocenters. The smallest absolute Gasteiger partial charge is 0.123 e. The molecule has 1 aliphatic heterocycles. The summed E-state index contributed by atoms with van der Waals surface area (Å²) in [4.78, 5) is 1.95. The third-order valence-corrected chi connectivity index (χ3v) is 3.42. The first kappa shape index (κ1) is 18.2. The van der Waals surface area contributed by atoms with Crippen LogP contribution in [-0.4, -0.2) is 31.1 Å². The van der Waals surface area contributed by atoms with Gasteiger partial charge in [0.05, 0.1) is 11.6 Å². The van der Waals surface area contributed by atoms with E-state index < -0.39 is 5.54 Å². The summed E-state index contributed by atoms with van der Waals surface area (Å²) in [5.74, 6) is 0.418. The third-order valence-electron chi connectivity index (χ3n) is 3.42. The van der Waals surface area contributed by atoms with Gasteiger partial charge in [-0.2, -0.15) is 0 Å². The second kappa shape index (κ2) is 7.10. The van der Waals surface area contributed by atoms with E-state index >= 15 is 0 Å². The van der Waals surface area contributed by atoms with Crippen LogP contribution in [0.3, 0.4) is 0 Å². The van der Waals surface area contributed by atoms with Gasteiger partial charge < -0.3 is 15.4 Å². The highest BCUT2D eigenvalue weighted by atomic mass is 35.5. The van der Waals surface area contributed by atoms with Crippen molar-refractivity contribution in [3.05, 3.63) is 30.3 Å². The van der Waals surface area contributed by atoms with Crippen LogP contribution >= 0.6 is 24.8 Å². The van der Waals surface area contributed by atoms with E-state index in [1.54, 1.807) is 7.11 Å². The van der Waals surface area contributed by atoms with Crippen molar-refractivity contribution in [2.75, 3.05) is 18.6 Å². The summed E-state index contributed by atoms with van der Waals surface area (Å²) in [6, 6.07) is 9.91. The van der Waals surface area contributed by atoms with Crippen molar-refractivity contribution in [3.8, 4) is 0 Å². The van der Waals surface area contributed by atoms with Crippen LogP contribution in [0.1, 0.15) is 13.3 Å². The van der Waals surface area contributed by atoms with Gasteiger partial charge in [-0.1, -0.05) is 18.2 Å². The number of ether oxygens (including phenoxy) is 1. The van der Waals surface area contributed by atoms with Gasteiger partial charge in [-0.05, 0) is 25.5 Å². The van der Waals surface area contributed by atoms with Gasteiger partial charge in [0.15, 0.2) is 0 Å². The fraction of sp³-hybridized carbons (Fsp3) is 0.462. The number of nitrogens with one attached hydrogen (secondary N) is 1. The average molecular weight is 306 g/mol. The molecule has 0 spiro atoms. The largest absolute Gasteiger partial charge is 0.379 e. The summed E-state index contributed by atoms with van der Waals surface area (Å²) in [5, 5.41) is 8.24. The molecule has 19 heavy (non-hydrogen) atoms. The normalized spacial score (nSPS) is 26.4. The number of anilines is 1. The number of halogens is 2. The number of hydrogen-bond donors (Lipinski definition) is 2. The van der Waals surface area contributed by atoms with E-state index in [9.17, 15) is 0 Å². The lowest BCUT2D eigenvalue weighted by Crippen LogP contribution is -2.65. The molecule has 2 unspecified atom stereocenters. The van der Waals surface area contributed by atoms with Crippen molar-refractivity contribution in [3.63, 3.8) is 0 Å².